The summed E-state index contributed by atoms with van der Waals surface area (Å²) in [6.07, 6.45) is 3.84. The molecule has 2 heterocycles. The Bertz CT molecular complexity index is 478. The van der Waals surface area contributed by atoms with E-state index in [-0.39, 0.29) is 5.91 Å². The van der Waals surface area contributed by atoms with Gasteiger partial charge in [-0.15, -0.1) is 0 Å². The number of likely N-dealkylation sites (N-methyl/N-ethyl adjacent to an activating group) is 1. The zero-order valence-electron chi connectivity index (χ0n) is 12.3. The highest BCUT2D eigenvalue weighted by Crippen LogP contribution is 2.16. The first kappa shape index (κ1) is 14.7. The molecule has 6 heteroatoms. The molecule has 0 saturated carbocycles. The lowest BCUT2D eigenvalue weighted by molar-refractivity contribution is 0.0938. The van der Waals surface area contributed by atoms with Crippen molar-refractivity contribution in [3.05, 3.63) is 17.6 Å². The maximum atomic E-state index is 12.2. The number of likely N-dealkylation sites (tertiary alicyclic amines) is 1. The van der Waals surface area contributed by atoms with Gasteiger partial charge in [0.25, 0.3) is 5.91 Å². The van der Waals surface area contributed by atoms with Gasteiger partial charge in [0, 0.05) is 18.8 Å². The van der Waals surface area contributed by atoms with E-state index in [0.29, 0.717) is 36.5 Å². The lowest BCUT2D eigenvalue weighted by Gasteiger charge is -2.19. The second-order valence-electron chi connectivity index (χ2n) is 5.06. The van der Waals surface area contributed by atoms with Gasteiger partial charge >= 0.3 is 0 Å². The van der Waals surface area contributed by atoms with Crippen LogP contribution in [-0.2, 0) is 0 Å². The Morgan fingerprint density at radius 2 is 2.40 bits per heavy atom. The molecule has 0 bridgehead atoms. The quantitative estimate of drug-likeness (QED) is 0.870. The fourth-order valence-electron chi connectivity index (χ4n) is 2.39. The van der Waals surface area contributed by atoms with E-state index < -0.39 is 0 Å². The zero-order valence-corrected chi connectivity index (χ0v) is 12.3. The average Bonchev–Trinajstić information content (AvgIpc) is 2.82. The highest BCUT2D eigenvalue weighted by atomic mass is 16.5. The number of ether oxygens (including phenoxy) is 1. The number of aromatic nitrogens is 2. The van der Waals surface area contributed by atoms with Gasteiger partial charge in [-0.25, -0.2) is 4.98 Å². The van der Waals surface area contributed by atoms with Crippen LogP contribution in [0.1, 0.15) is 35.9 Å². The van der Waals surface area contributed by atoms with Crippen molar-refractivity contribution in [2.24, 2.45) is 0 Å². The molecule has 1 atom stereocenters. The summed E-state index contributed by atoms with van der Waals surface area (Å²) in [5.41, 5.74) is 0.401. The molecule has 1 N–H and O–H groups in total. The second-order valence-corrected chi connectivity index (χ2v) is 5.06. The van der Waals surface area contributed by atoms with E-state index in [4.69, 9.17) is 4.74 Å². The first-order chi connectivity index (χ1) is 9.61. The monoisotopic (exact) mass is 278 g/mol. The first-order valence-corrected chi connectivity index (χ1v) is 7.06. The van der Waals surface area contributed by atoms with E-state index in [1.807, 2.05) is 6.92 Å². The summed E-state index contributed by atoms with van der Waals surface area (Å²) in [5.74, 6) is 0.784. The molecule has 2 rings (SSSR count). The number of nitrogens with zero attached hydrogens (tertiary/aromatic N) is 3. The van der Waals surface area contributed by atoms with Crippen molar-refractivity contribution in [3.8, 4) is 5.88 Å². The molecule has 1 aromatic rings. The molecule has 0 aliphatic carbocycles. The molecule has 1 fully saturated rings. The van der Waals surface area contributed by atoms with E-state index >= 15 is 0 Å². The van der Waals surface area contributed by atoms with E-state index in [1.165, 1.54) is 12.6 Å². The van der Waals surface area contributed by atoms with Gasteiger partial charge in [-0.1, -0.05) is 0 Å². The summed E-state index contributed by atoms with van der Waals surface area (Å²) in [6, 6.07) is 0.417. The van der Waals surface area contributed by atoms with E-state index in [9.17, 15) is 4.79 Å². The van der Waals surface area contributed by atoms with Crippen molar-refractivity contribution < 1.29 is 9.53 Å². The minimum atomic E-state index is -0.172. The van der Waals surface area contributed by atoms with E-state index in [1.54, 1.807) is 6.92 Å². The Morgan fingerprint density at radius 1 is 1.60 bits per heavy atom. The Balaban J connectivity index is 2.01. The fraction of sp³-hybridized carbons (Fsp3) is 0.643. The molecule has 0 radical (unpaired) electrons. The normalized spacial score (nSPS) is 19.1. The average molecular weight is 278 g/mol. The van der Waals surface area contributed by atoms with Gasteiger partial charge in [-0.05, 0) is 40.3 Å². The molecule has 1 aliphatic rings. The maximum Gasteiger partial charge on any atom is 0.258 e. The zero-order chi connectivity index (χ0) is 14.5. The topological polar surface area (TPSA) is 67.3 Å². The SMILES string of the molecule is CCOc1nc(C)ncc1C(=O)NCC1CCCN1C. The van der Waals surface area contributed by atoms with Crippen molar-refractivity contribution in [3.63, 3.8) is 0 Å². The van der Waals surface area contributed by atoms with Crippen LogP contribution in [-0.4, -0.2) is 53.6 Å². The van der Waals surface area contributed by atoms with Gasteiger partial charge in [0.1, 0.15) is 11.4 Å². The summed E-state index contributed by atoms with van der Waals surface area (Å²) in [7, 11) is 2.09. The van der Waals surface area contributed by atoms with E-state index in [2.05, 4.69) is 27.2 Å². The molecule has 0 aromatic carbocycles. The third kappa shape index (κ3) is 3.45. The van der Waals surface area contributed by atoms with Crippen LogP contribution in [0.2, 0.25) is 0 Å². The van der Waals surface area contributed by atoms with Crippen LogP contribution < -0.4 is 10.1 Å². The Morgan fingerprint density at radius 3 is 3.05 bits per heavy atom. The van der Waals surface area contributed by atoms with Crippen LogP contribution >= 0.6 is 0 Å². The van der Waals surface area contributed by atoms with Gasteiger partial charge < -0.3 is 15.0 Å². The minimum Gasteiger partial charge on any atom is -0.477 e. The maximum absolute atomic E-state index is 12.2. The predicted octanol–water partition coefficient (Wildman–Crippen LogP) is 1.01. The number of amides is 1. The largest absolute Gasteiger partial charge is 0.477 e. The van der Waals surface area contributed by atoms with Gasteiger partial charge in [0.15, 0.2) is 0 Å². The molecule has 0 spiro atoms. The van der Waals surface area contributed by atoms with Gasteiger partial charge in [-0.3, -0.25) is 4.79 Å². The molecule has 1 unspecified atom stereocenters. The van der Waals surface area contributed by atoms with Crippen LogP contribution in [0.15, 0.2) is 6.20 Å². The summed E-state index contributed by atoms with van der Waals surface area (Å²) in [5, 5.41) is 2.95. The number of nitrogens with one attached hydrogen (secondary N) is 1. The van der Waals surface area contributed by atoms with Crippen molar-refractivity contribution in [2.75, 3.05) is 26.7 Å². The minimum absolute atomic E-state index is 0.172. The lowest BCUT2D eigenvalue weighted by Crippen LogP contribution is -2.38. The van der Waals surface area contributed by atoms with Crippen molar-refractivity contribution in [1.29, 1.82) is 0 Å². The molecule has 20 heavy (non-hydrogen) atoms. The molecule has 6 nitrogen and oxygen atoms in total. The summed E-state index contributed by atoms with van der Waals surface area (Å²) in [4.78, 5) is 22.7. The molecule has 1 aliphatic heterocycles. The Hall–Kier alpha value is -1.69. The van der Waals surface area contributed by atoms with E-state index in [0.717, 1.165) is 13.0 Å². The lowest BCUT2D eigenvalue weighted by atomic mass is 10.2. The Kier molecular flexibility index (Phi) is 4.89. The van der Waals surface area contributed by atoms with Crippen molar-refractivity contribution >= 4 is 5.91 Å². The third-order valence-corrected chi connectivity index (χ3v) is 3.57. The van der Waals surface area contributed by atoms with Crippen LogP contribution in [0.5, 0.6) is 5.88 Å². The number of carbonyl (C=O) groups excluding carboxylic acids is 1. The molecular formula is C14H22N4O2. The number of rotatable bonds is 5. The standard InChI is InChI=1S/C14H22N4O2/c1-4-20-14-12(9-15-10(2)17-14)13(19)16-8-11-6-5-7-18(11)3/h9,11H,4-8H2,1-3H3,(H,16,19). The summed E-state index contributed by atoms with van der Waals surface area (Å²) in [6.45, 7) is 5.86. The van der Waals surface area contributed by atoms with Gasteiger partial charge in [-0.2, -0.15) is 4.98 Å². The Labute approximate surface area is 119 Å². The summed E-state index contributed by atoms with van der Waals surface area (Å²) < 4.78 is 5.41. The van der Waals surface area contributed by atoms with Crippen LogP contribution in [0.3, 0.4) is 0 Å². The molecule has 110 valence electrons. The molecule has 1 aromatic heterocycles. The van der Waals surface area contributed by atoms with Gasteiger partial charge in [0.05, 0.1) is 6.61 Å². The second kappa shape index (κ2) is 6.65. The number of hydrogen-bond acceptors (Lipinski definition) is 5. The smallest absolute Gasteiger partial charge is 0.258 e. The highest BCUT2D eigenvalue weighted by Gasteiger charge is 2.22. The molecule has 1 amide bonds. The van der Waals surface area contributed by atoms with Crippen LogP contribution in [0, 0.1) is 6.92 Å². The predicted molar refractivity (Wildman–Crippen MR) is 75.9 cm³/mol. The fourth-order valence-corrected chi connectivity index (χ4v) is 2.39. The first-order valence-electron chi connectivity index (χ1n) is 7.06. The number of carbonyl (C=O) groups is 1. The molecular weight excluding hydrogens is 256 g/mol. The van der Waals surface area contributed by atoms with Crippen LogP contribution in [0.4, 0.5) is 0 Å². The number of hydrogen-bond donors (Lipinski definition) is 1. The van der Waals surface area contributed by atoms with Crippen LogP contribution in [0.25, 0.3) is 0 Å². The number of aryl methyl sites for hydroxylation is 1. The van der Waals surface area contributed by atoms with Gasteiger partial charge in [0.2, 0.25) is 5.88 Å². The highest BCUT2D eigenvalue weighted by molar-refractivity contribution is 5.96. The summed E-state index contributed by atoms with van der Waals surface area (Å²) >= 11 is 0. The molecule has 1 saturated heterocycles. The van der Waals surface area contributed by atoms with Crippen molar-refractivity contribution in [1.82, 2.24) is 20.2 Å². The third-order valence-electron chi connectivity index (χ3n) is 3.57. The van der Waals surface area contributed by atoms with Crippen molar-refractivity contribution in [2.45, 2.75) is 32.7 Å².